The number of carbonyl (C=O) groups excluding carboxylic acids is 2. The maximum Gasteiger partial charge on any atom is 0.227 e. The molecule has 0 spiro atoms. The second-order valence-electron chi connectivity index (χ2n) is 7.01. The zero-order valence-corrected chi connectivity index (χ0v) is 14.5. The fourth-order valence-corrected chi connectivity index (χ4v) is 3.57. The minimum absolute atomic E-state index is 0.0229. The third kappa shape index (κ3) is 3.61. The van der Waals surface area contributed by atoms with Gasteiger partial charge in [0, 0.05) is 24.7 Å². The van der Waals surface area contributed by atoms with Crippen molar-refractivity contribution in [2.24, 2.45) is 11.8 Å². The van der Waals surface area contributed by atoms with Crippen LogP contribution >= 0.6 is 0 Å². The normalized spacial score (nSPS) is 27.3. The van der Waals surface area contributed by atoms with Crippen LogP contribution in [0.1, 0.15) is 32.3 Å². The molecule has 1 aromatic rings. The molecule has 0 aromatic heterocycles. The van der Waals surface area contributed by atoms with Gasteiger partial charge in [-0.1, -0.05) is 26.0 Å². The summed E-state index contributed by atoms with van der Waals surface area (Å²) in [5.41, 5.74) is 2.14. The Bertz CT molecular complexity index is 599. The van der Waals surface area contributed by atoms with Crippen molar-refractivity contribution in [3.63, 3.8) is 0 Å². The predicted molar refractivity (Wildman–Crippen MR) is 94.9 cm³/mol. The number of hydrogen-bond donors (Lipinski definition) is 2. The summed E-state index contributed by atoms with van der Waals surface area (Å²) in [6, 6.07) is 8.27. The Morgan fingerprint density at radius 3 is 2.75 bits per heavy atom. The van der Waals surface area contributed by atoms with Crippen LogP contribution in [-0.2, 0) is 16.0 Å². The molecule has 5 nitrogen and oxygen atoms in total. The summed E-state index contributed by atoms with van der Waals surface area (Å²) in [5.74, 6) is 0.246. The molecular formula is C19H27N3O2. The zero-order chi connectivity index (χ0) is 17.1. The minimum atomic E-state index is -0.245. The van der Waals surface area contributed by atoms with E-state index >= 15 is 0 Å². The van der Waals surface area contributed by atoms with E-state index in [1.165, 1.54) is 5.56 Å². The van der Waals surface area contributed by atoms with Crippen LogP contribution in [0.25, 0.3) is 0 Å². The first-order chi connectivity index (χ1) is 11.6. The monoisotopic (exact) mass is 329 g/mol. The highest BCUT2D eigenvalue weighted by Gasteiger charge is 2.36. The van der Waals surface area contributed by atoms with Crippen LogP contribution in [0.3, 0.4) is 0 Å². The van der Waals surface area contributed by atoms with Gasteiger partial charge in [-0.2, -0.15) is 0 Å². The number of piperidine rings is 1. The van der Waals surface area contributed by atoms with Gasteiger partial charge in [0.25, 0.3) is 0 Å². The molecule has 0 aliphatic carbocycles. The van der Waals surface area contributed by atoms with Crippen molar-refractivity contribution in [1.82, 2.24) is 10.6 Å². The highest BCUT2D eigenvalue weighted by molar-refractivity contribution is 6.00. The average molecular weight is 329 g/mol. The molecule has 2 fully saturated rings. The SMILES string of the molecule is CCc1ccc(N2CC(C(=O)NC3CCNCC3C)CC2=O)cc1. The van der Waals surface area contributed by atoms with Gasteiger partial charge < -0.3 is 15.5 Å². The first-order valence-corrected chi connectivity index (χ1v) is 8.99. The number of benzene rings is 1. The molecule has 0 bridgehead atoms. The molecule has 0 radical (unpaired) electrons. The summed E-state index contributed by atoms with van der Waals surface area (Å²) in [4.78, 5) is 26.7. The Kier molecular flexibility index (Phi) is 5.19. The molecule has 1 aromatic carbocycles. The molecule has 5 heteroatoms. The van der Waals surface area contributed by atoms with Crippen molar-refractivity contribution in [2.75, 3.05) is 24.5 Å². The van der Waals surface area contributed by atoms with Gasteiger partial charge in [-0.25, -0.2) is 0 Å². The van der Waals surface area contributed by atoms with Crippen LogP contribution in [0, 0.1) is 11.8 Å². The van der Waals surface area contributed by atoms with E-state index < -0.39 is 0 Å². The van der Waals surface area contributed by atoms with Crippen LogP contribution in [0.5, 0.6) is 0 Å². The van der Waals surface area contributed by atoms with Crippen molar-refractivity contribution in [1.29, 1.82) is 0 Å². The number of carbonyl (C=O) groups is 2. The van der Waals surface area contributed by atoms with Gasteiger partial charge in [-0.15, -0.1) is 0 Å². The highest BCUT2D eigenvalue weighted by Crippen LogP contribution is 2.26. The number of aryl methyl sites for hydroxylation is 1. The maximum absolute atomic E-state index is 12.6. The Morgan fingerprint density at radius 1 is 1.33 bits per heavy atom. The third-order valence-corrected chi connectivity index (χ3v) is 5.27. The molecule has 2 saturated heterocycles. The fourth-order valence-electron chi connectivity index (χ4n) is 3.57. The average Bonchev–Trinajstić information content (AvgIpc) is 2.99. The lowest BCUT2D eigenvalue weighted by Crippen LogP contribution is -2.50. The molecule has 3 unspecified atom stereocenters. The van der Waals surface area contributed by atoms with Gasteiger partial charge in [0.1, 0.15) is 0 Å². The molecule has 24 heavy (non-hydrogen) atoms. The Hall–Kier alpha value is -1.88. The van der Waals surface area contributed by atoms with Crippen molar-refractivity contribution >= 4 is 17.5 Å². The van der Waals surface area contributed by atoms with E-state index in [4.69, 9.17) is 0 Å². The second kappa shape index (κ2) is 7.34. The van der Waals surface area contributed by atoms with Crippen molar-refractivity contribution in [3.05, 3.63) is 29.8 Å². The van der Waals surface area contributed by atoms with Crippen LogP contribution < -0.4 is 15.5 Å². The summed E-state index contributed by atoms with van der Waals surface area (Å²) in [6.07, 6.45) is 2.24. The molecule has 3 atom stereocenters. The van der Waals surface area contributed by atoms with Gasteiger partial charge in [-0.3, -0.25) is 9.59 Å². The zero-order valence-electron chi connectivity index (χ0n) is 14.5. The first kappa shape index (κ1) is 17.0. The van der Waals surface area contributed by atoms with Crippen LogP contribution in [0.15, 0.2) is 24.3 Å². The molecule has 2 N–H and O–H groups in total. The van der Waals surface area contributed by atoms with Crippen LogP contribution in [0.4, 0.5) is 5.69 Å². The lowest BCUT2D eigenvalue weighted by molar-refractivity contribution is -0.127. The number of nitrogens with one attached hydrogen (secondary N) is 2. The van der Waals surface area contributed by atoms with E-state index in [-0.39, 0.29) is 23.8 Å². The van der Waals surface area contributed by atoms with Crippen LogP contribution in [0.2, 0.25) is 0 Å². The van der Waals surface area contributed by atoms with E-state index in [0.717, 1.165) is 31.6 Å². The maximum atomic E-state index is 12.6. The van der Waals surface area contributed by atoms with Gasteiger partial charge >= 0.3 is 0 Å². The van der Waals surface area contributed by atoms with Gasteiger partial charge in [0.2, 0.25) is 11.8 Å². The summed E-state index contributed by atoms with van der Waals surface area (Å²) in [5, 5.41) is 6.50. The smallest absolute Gasteiger partial charge is 0.227 e. The second-order valence-corrected chi connectivity index (χ2v) is 7.01. The summed E-state index contributed by atoms with van der Waals surface area (Å²) in [7, 11) is 0. The molecule has 2 aliphatic rings. The molecule has 2 amide bonds. The lowest BCUT2D eigenvalue weighted by Gasteiger charge is -2.31. The summed E-state index contributed by atoms with van der Waals surface area (Å²) >= 11 is 0. The summed E-state index contributed by atoms with van der Waals surface area (Å²) < 4.78 is 0. The molecule has 0 saturated carbocycles. The molecule has 130 valence electrons. The number of rotatable bonds is 4. The van der Waals surface area contributed by atoms with E-state index in [1.807, 2.05) is 24.3 Å². The predicted octanol–water partition coefficient (Wildman–Crippen LogP) is 1.72. The number of hydrogen-bond acceptors (Lipinski definition) is 3. The third-order valence-electron chi connectivity index (χ3n) is 5.27. The van der Waals surface area contributed by atoms with E-state index in [9.17, 15) is 9.59 Å². The van der Waals surface area contributed by atoms with Crippen molar-refractivity contribution in [2.45, 2.75) is 39.2 Å². The van der Waals surface area contributed by atoms with Gasteiger partial charge in [-0.05, 0) is 49.5 Å². The number of amides is 2. The first-order valence-electron chi connectivity index (χ1n) is 8.99. The largest absolute Gasteiger partial charge is 0.353 e. The number of nitrogens with zero attached hydrogens (tertiary/aromatic N) is 1. The van der Waals surface area contributed by atoms with Crippen molar-refractivity contribution in [3.8, 4) is 0 Å². The Labute approximate surface area is 143 Å². The van der Waals surface area contributed by atoms with E-state index in [0.29, 0.717) is 18.9 Å². The molecule has 2 heterocycles. The summed E-state index contributed by atoms with van der Waals surface area (Å²) in [6.45, 7) is 6.62. The minimum Gasteiger partial charge on any atom is -0.353 e. The number of anilines is 1. The van der Waals surface area contributed by atoms with E-state index in [1.54, 1.807) is 4.90 Å². The standard InChI is InChI=1S/C19H27N3O2/c1-3-14-4-6-16(7-5-14)22-12-15(10-18(22)23)19(24)21-17-8-9-20-11-13(17)2/h4-7,13,15,17,20H,3,8-12H2,1-2H3,(H,21,24). The molecule has 3 rings (SSSR count). The Morgan fingerprint density at radius 2 is 2.08 bits per heavy atom. The topological polar surface area (TPSA) is 61.4 Å². The van der Waals surface area contributed by atoms with Crippen LogP contribution in [-0.4, -0.2) is 37.5 Å². The van der Waals surface area contributed by atoms with Gasteiger partial charge in [0.15, 0.2) is 0 Å². The Balaban J connectivity index is 1.62. The fraction of sp³-hybridized carbons (Fsp3) is 0.579. The molecular weight excluding hydrogens is 302 g/mol. The van der Waals surface area contributed by atoms with E-state index in [2.05, 4.69) is 24.5 Å². The lowest BCUT2D eigenvalue weighted by atomic mass is 9.94. The quantitative estimate of drug-likeness (QED) is 0.884. The highest BCUT2D eigenvalue weighted by atomic mass is 16.2. The van der Waals surface area contributed by atoms with Gasteiger partial charge in [0.05, 0.1) is 5.92 Å². The van der Waals surface area contributed by atoms with Crippen molar-refractivity contribution < 1.29 is 9.59 Å². The molecule has 2 aliphatic heterocycles.